The zero-order valence-corrected chi connectivity index (χ0v) is 10.2. The summed E-state index contributed by atoms with van der Waals surface area (Å²) in [4.78, 5) is 0. The van der Waals surface area contributed by atoms with E-state index in [2.05, 4.69) is 12.2 Å². The second-order valence-electron chi connectivity index (χ2n) is 4.51. The smallest absolute Gasteiger partial charge is 0.206 e. The summed E-state index contributed by atoms with van der Waals surface area (Å²) >= 11 is 0. The van der Waals surface area contributed by atoms with Crippen molar-refractivity contribution in [2.45, 2.75) is 19.4 Å². The molecule has 4 heteroatoms. The van der Waals surface area contributed by atoms with Crippen LogP contribution in [0.2, 0.25) is 0 Å². The third-order valence-corrected chi connectivity index (χ3v) is 2.97. The molecule has 0 aliphatic carbocycles. The number of halogens is 1. The quantitative estimate of drug-likeness (QED) is 0.877. The molecule has 1 unspecified atom stereocenters. The van der Waals surface area contributed by atoms with Crippen LogP contribution in [0.25, 0.3) is 0 Å². The second-order valence-corrected chi connectivity index (χ2v) is 4.51. The second kappa shape index (κ2) is 5.36. The average Bonchev–Trinajstić information content (AvgIpc) is 2.32. The first kappa shape index (κ1) is 12.2. The van der Waals surface area contributed by atoms with E-state index in [0.29, 0.717) is 5.92 Å². The average molecular weight is 239 g/mol. The van der Waals surface area contributed by atoms with Gasteiger partial charge in [-0.1, -0.05) is 13.0 Å². The molecule has 0 spiro atoms. The number of rotatable bonds is 3. The largest absolute Gasteiger partial charge is 0.494 e. The molecule has 1 saturated heterocycles. The van der Waals surface area contributed by atoms with E-state index in [1.54, 1.807) is 18.2 Å². The Kier molecular flexibility index (Phi) is 3.84. The van der Waals surface area contributed by atoms with Crippen LogP contribution in [0.5, 0.6) is 11.5 Å². The molecule has 2 atom stereocenters. The van der Waals surface area contributed by atoms with Gasteiger partial charge in [-0.2, -0.15) is 4.39 Å². The van der Waals surface area contributed by atoms with Gasteiger partial charge in [-0.3, -0.25) is 0 Å². The van der Waals surface area contributed by atoms with Crippen LogP contribution in [0.1, 0.15) is 13.3 Å². The van der Waals surface area contributed by atoms with Gasteiger partial charge in [0.2, 0.25) is 5.82 Å². The maximum Gasteiger partial charge on any atom is 0.206 e. The van der Waals surface area contributed by atoms with Crippen LogP contribution in [0.3, 0.4) is 0 Å². The molecule has 3 nitrogen and oxygen atoms in total. The van der Waals surface area contributed by atoms with Crippen molar-refractivity contribution < 1.29 is 13.9 Å². The number of piperidine rings is 1. The summed E-state index contributed by atoms with van der Waals surface area (Å²) in [5.41, 5.74) is 0. The van der Waals surface area contributed by atoms with E-state index in [4.69, 9.17) is 9.47 Å². The Balaban J connectivity index is 2.07. The Bertz CT molecular complexity index is 384. The van der Waals surface area contributed by atoms with Crippen LogP contribution in [0, 0.1) is 11.7 Å². The maximum atomic E-state index is 13.9. The van der Waals surface area contributed by atoms with E-state index in [0.717, 1.165) is 19.5 Å². The van der Waals surface area contributed by atoms with Crippen LogP contribution in [0.15, 0.2) is 18.2 Å². The fourth-order valence-corrected chi connectivity index (χ4v) is 2.11. The number of hydrogen-bond acceptors (Lipinski definition) is 3. The third-order valence-electron chi connectivity index (χ3n) is 2.97. The van der Waals surface area contributed by atoms with Crippen molar-refractivity contribution in [3.05, 3.63) is 24.0 Å². The lowest BCUT2D eigenvalue weighted by Gasteiger charge is -2.28. The lowest BCUT2D eigenvalue weighted by Crippen LogP contribution is -2.41. The van der Waals surface area contributed by atoms with Gasteiger partial charge in [0.25, 0.3) is 0 Å². The van der Waals surface area contributed by atoms with Crippen molar-refractivity contribution >= 4 is 0 Å². The number of hydrogen-bond donors (Lipinski definition) is 1. The molecular formula is C13H18FNO2. The molecule has 1 aliphatic heterocycles. The normalized spacial score (nSPS) is 24.4. The van der Waals surface area contributed by atoms with Crippen molar-refractivity contribution in [3.63, 3.8) is 0 Å². The summed E-state index contributed by atoms with van der Waals surface area (Å²) < 4.78 is 24.5. The molecule has 1 aromatic rings. The zero-order chi connectivity index (χ0) is 12.3. The van der Waals surface area contributed by atoms with E-state index < -0.39 is 5.82 Å². The van der Waals surface area contributed by atoms with Crippen molar-refractivity contribution in [1.82, 2.24) is 5.32 Å². The monoisotopic (exact) mass is 239 g/mol. The number of methoxy groups -OCH3 is 1. The minimum atomic E-state index is -0.423. The SMILES string of the molecule is COc1cccc(O[C@@H]2CNCC(C)C2)c1F. The van der Waals surface area contributed by atoms with Crippen LogP contribution < -0.4 is 14.8 Å². The van der Waals surface area contributed by atoms with Gasteiger partial charge in [-0.25, -0.2) is 0 Å². The van der Waals surface area contributed by atoms with E-state index in [1.807, 2.05) is 0 Å². The Hall–Kier alpha value is -1.29. The Labute approximate surface area is 101 Å². The highest BCUT2D eigenvalue weighted by Gasteiger charge is 2.21. The van der Waals surface area contributed by atoms with E-state index in [-0.39, 0.29) is 17.6 Å². The summed E-state index contributed by atoms with van der Waals surface area (Å²) in [7, 11) is 1.45. The molecule has 1 fully saturated rings. The lowest BCUT2D eigenvalue weighted by atomic mass is 10.00. The summed E-state index contributed by atoms with van der Waals surface area (Å²) in [5, 5.41) is 3.27. The lowest BCUT2D eigenvalue weighted by molar-refractivity contribution is 0.136. The minimum Gasteiger partial charge on any atom is -0.494 e. The molecular weight excluding hydrogens is 221 g/mol. The topological polar surface area (TPSA) is 30.5 Å². The Morgan fingerprint density at radius 2 is 2.06 bits per heavy atom. The summed E-state index contributed by atoms with van der Waals surface area (Å²) in [5.74, 6) is 0.625. The molecule has 0 amide bonds. The highest BCUT2D eigenvalue weighted by atomic mass is 19.1. The Morgan fingerprint density at radius 3 is 2.76 bits per heavy atom. The van der Waals surface area contributed by atoms with Crippen molar-refractivity contribution in [3.8, 4) is 11.5 Å². The van der Waals surface area contributed by atoms with Crippen LogP contribution >= 0.6 is 0 Å². The Morgan fingerprint density at radius 1 is 1.29 bits per heavy atom. The summed E-state index contributed by atoms with van der Waals surface area (Å²) in [6.45, 7) is 3.92. The summed E-state index contributed by atoms with van der Waals surface area (Å²) in [6, 6.07) is 4.96. The van der Waals surface area contributed by atoms with Gasteiger partial charge >= 0.3 is 0 Å². The first-order chi connectivity index (χ1) is 8.20. The highest BCUT2D eigenvalue weighted by Crippen LogP contribution is 2.28. The third kappa shape index (κ3) is 2.88. The van der Waals surface area contributed by atoms with E-state index >= 15 is 0 Å². The predicted octanol–water partition coefficient (Wildman–Crippen LogP) is 2.21. The zero-order valence-electron chi connectivity index (χ0n) is 10.2. The van der Waals surface area contributed by atoms with Crippen molar-refractivity contribution in [2.75, 3.05) is 20.2 Å². The number of ether oxygens (including phenoxy) is 2. The van der Waals surface area contributed by atoms with Gasteiger partial charge in [-0.15, -0.1) is 0 Å². The molecule has 0 radical (unpaired) electrons. The van der Waals surface area contributed by atoms with Gasteiger partial charge in [0, 0.05) is 6.54 Å². The van der Waals surface area contributed by atoms with Crippen LogP contribution in [-0.2, 0) is 0 Å². The molecule has 0 saturated carbocycles. The van der Waals surface area contributed by atoms with Gasteiger partial charge in [-0.05, 0) is 31.0 Å². The van der Waals surface area contributed by atoms with Gasteiger partial charge < -0.3 is 14.8 Å². The number of nitrogens with one attached hydrogen (secondary N) is 1. The van der Waals surface area contributed by atoms with E-state index in [1.165, 1.54) is 7.11 Å². The molecule has 1 N–H and O–H groups in total. The van der Waals surface area contributed by atoms with Crippen molar-refractivity contribution in [2.24, 2.45) is 5.92 Å². The molecule has 1 heterocycles. The molecule has 0 bridgehead atoms. The molecule has 94 valence electrons. The molecule has 17 heavy (non-hydrogen) atoms. The number of benzene rings is 1. The summed E-state index contributed by atoms with van der Waals surface area (Å²) in [6.07, 6.45) is 0.976. The predicted molar refractivity (Wildman–Crippen MR) is 64.0 cm³/mol. The van der Waals surface area contributed by atoms with Gasteiger partial charge in [0.15, 0.2) is 11.5 Å². The molecule has 0 aromatic heterocycles. The van der Waals surface area contributed by atoms with Crippen LogP contribution in [-0.4, -0.2) is 26.3 Å². The van der Waals surface area contributed by atoms with E-state index in [9.17, 15) is 4.39 Å². The first-order valence-electron chi connectivity index (χ1n) is 5.90. The fourth-order valence-electron chi connectivity index (χ4n) is 2.11. The van der Waals surface area contributed by atoms with Gasteiger partial charge in [0.05, 0.1) is 7.11 Å². The molecule has 1 aromatic carbocycles. The van der Waals surface area contributed by atoms with Crippen molar-refractivity contribution in [1.29, 1.82) is 0 Å². The van der Waals surface area contributed by atoms with Gasteiger partial charge in [0.1, 0.15) is 6.10 Å². The minimum absolute atomic E-state index is 0.0281. The molecule has 1 aliphatic rings. The van der Waals surface area contributed by atoms with Crippen LogP contribution in [0.4, 0.5) is 4.39 Å². The first-order valence-corrected chi connectivity index (χ1v) is 5.90. The standard InChI is InChI=1S/C13H18FNO2/c1-9-6-10(8-15-7-9)17-12-5-3-4-11(16-2)13(12)14/h3-5,9-10,15H,6-8H2,1-2H3/t9?,10-/m0/s1. The maximum absolute atomic E-state index is 13.9. The fraction of sp³-hybridized carbons (Fsp3) is 0.538. The molecule has 2 rings (SSSR count). The highest BCUT2D eigenvalue weighted by molar-refractivity contribution is 5.35.